The van der Waals surface area contributed by atoms with Crippen LogP contribution in [0.5, 0.6) is 0 Å². The molecule has 0 saturated carbocycles. The third-order valence-corrected chi connectivity index (χ3v) is 9.01. The standard InChI is InChI=1S/C38H32ClNO4/c1-25(40-37(43)44-24-32-30-20-10-8-18-28(30)29-19-9-11-21-31(29)32)35(36(41)42)38(26-14-4-2-5-15-26,27-16-6-3-7-17-27)33-22-12-13-23-34(33)39/h2-23,25,32,35H,24H2,1H3,(H,40,43)(H,41,42). The molecule has 0 radical (unpaired) electrons. The molecular formula is C38H32ClNO4. The molecule has 44 heavy (non-hydrogen) atoms. The minimum Gasteiger partial charge on any atom is -0.481 e. The molecule has 6 rings (SSSR count). The average molecular weight is 602 g/mol. The van der Waals surface area contributed by atoms with Gasteiger partial charge in [0, 0.05) is 17.0 Å². The van der Waals surface area contributed by atoms with Crippen molar-refractivity contribution in [1.82, 2.24) is 5.32 Å². The third kappa shape index (κ3) is 5.14. The van der Waals surface area contributed by atoms with E-state index < -0.39 is 29.4 Å². The zero-order valence-corrected chi connectivity index (χ0v) is 24.9. The number of carbonyl (C=O) groups is 2. The first kappa shape index (κ1) is 29.2. The average Bonchev–Trinajstić information content (AvgIpc) is 3.37. The SMILES string of the molecule is CC(NC(=O)OCC1c2ccccc2-c2ccccc21)C(C(=O)O)C(c1ccccc1)(c1ccccc1)c1ccccc1Cl. The molecule has 2 atom stereocenters. The molecule has 0 spiro atoms. The molecule has 1 aliphatic carbocycles. The molecule has 2 unspecified atom stereocenters. The molecule has 2 N–H and O–H groups in total. The van der Waals surface area contributed by atoms with Crippen LogP contribution in [0.2, 0.25) is 5.02 Å². The number of hydrogen-bond acceptors (Lipinski definition) is 3. The zero-order valence-electron chi connectivity index (χ0n) is 24.2. The number of halogens is 1. The van der Waals surface area contributed by atoms with Gasteiger partial charge in [0.1, 0.15) is 6.61 Å². The van der Waals surface area contributed by atoms with E-state index in [9.17, 15) is 14.7 Å². The molecule has 5 aromatic rings. The second-order valence-electron chi connectivity index (χ2n) is 11.1. The summed E-state index contributed by atoms with van der Waals surface area (Å²) in [4.78, 5) is 26.8. The fraction of sp³-hybridized carbons (Fsp3) is 0.158. The van der Waals surface area contributed by atoms with Crippen LogP contribution < -0.4 is 5.32 Å². The van der Waals surface area contributed by atoms with Crippen LogP contribution in [0.4, 0.5) is 4.79 Å². The Morgan fingerprint density at radius 3 is 1.75 bits per heavy atom. The largest absolute Gasteiger partial charge is 0.481 e. The quantitative estimate of drug-likeness (QED) is 0.167. The summed E-state index contributed by atoms with van der Waals surface area (Å²) in [5.41, 5.74) is 5.34. The molecule has 1 aliphatic rings. The van der Waals surface area contributed by atoms with Gasteiger partial charge in [0.05, 0.1) is 11.3 Å². The predicted octanol–water partition coefficient (Wildman–Crippen LogP) is 8.30. The monoisotopic (exact) mass is 601 g/mol. The maximum absolute atomic E-state index is 13.4. The summed E-state index contributed by atoms with van der Waals surface area (Å²) in [6, 6.07) is 41.6. The Hall–Kier alpha value is -4.87. The molecule has 1 amide bonds. The number of rotatable bonds is 9. The highest BCUT2D eigenvalue weighted by molar-refractivity contribution is 6.31. The molecule has 220 valence electrons. The Morgan fingerprint density at radius 2 is 1.23 bits per heavy atom. The highest BCUT2D eigenvalue weighted by Gasteiger charge is 2.51. The van der Waals surface area contributed by atoms with Gasteiger partial charge in [0.2, 0.25) is 0 Å². The molecule has 5 nitrogen and oxygen atoms in total. The Bertz CT molecular complexity index is 1700. The van der Waals surface area contributed by atoms with Gasteiger partial charge in [-0.15, -0.1) is 0 Å². The molecule has 0 fully saturated rings. The third-order valence-electron chi connectivity index (χ3n) is 8.68. The first-order valence-corrected chi connectivity index (χ1v) is 15.0. The molecule has 0 aliphatic heterocycles. The van der Waals surface area contributed by atoms with Crippen molar-refractivity contribution in [2.75, 3.05) is 6.61 Å². The molecule has 0 heterocycles. The van der Waals surface area contributed by atoms with E-state index in [4.69, 9.17) is 16.3 Å². The number of carboxylic acids is 1. The van der Waals surface area contributed by atoms with E-state index in [-0.39, 0.29) is 12.5 Å². The Labute approximate surface area is 262 Å². The van der Waals surface area contributed by atoms with Crippen LogP contribution in [-0.4, -0.2) is 29.8 Å². The minimum atomic E-state index is -1.25. The van der Waals surface area contributed by atoms with Gasteiger partial charge in [-0.25, -0.2) is 4.79 Å². The maximum Gasteiger partial charge on any atom is 0.407 e. The van der Waals surface area contributed by atoms with Crippen LogP contribution in [0.1, 0.15) is 40.7 Å². The number of ether oxygens (including phenoxy) is 1. The van der Waals surface area contributed by atoms with Crippen LogP contribution >= 0.6 is 11.6 Å². The summed E-state index contributed by atoms with van der Waals surface area (Å²) in [5, 5.41) is 14.3. The first-order chi connectivity index (χ1) is 21.4. The van der Waals surface area contributed by atoms with Crippen LogP contribution in [0.3, 0.4) is 0 Å². The Kier molecular flexibility index (Phi) is 8.23. The summed E-state index contributed by atoms with van der Waals surface area (Å²) >= 11 is 6.87. The van der Waals surface area contributed by atoms with Crippen molar-refractivity contribution >= 4 is 23.7 Å². The van der Waals surface area contributed by atoms with Crippen molar-refractivity contribution in [2.45, 2.75) is 24.3 Å². The minimum absolute atomic E-state index is 0.116. The van der Waals surface area contributed by atoms with E-state index in [1.165, 1.54) is 0 Å². The number of carboxylic acid groups (broad SMARTS) is 1. The molecule has 0 aromatic heterocycles. The zero-order chi connectivity index (χ0) is 30.7. The number of carbonyl (C=O) groups excluding carboxylic acids is 1. The fourth-order valence-corrected chi connectivity index (χ4v) is 7.16. The summed E-state index contributed by atoms with van der Waals surface area (Å²) in [5.74, 6) is -2.36. The van der Waals surface area contributed by atoms with Gasteiger partial charge in [0.25, 0.3) is 0 Å². The summed E-state index contributed by atoms with van der Waals surface area (Å²) in [6.45, 7) is 1.83. The molecule has 0 bridgehead atoms. The van der Waals surface area contributed by atoms with Gasteiger partial charge >= 0.3 is 12.1 Å². The summed E-state index contributed by atoms with van der Waals surface area (Å²) in [6.07, 6.45) is -0.681. The van der Waals surface area contributed by atoms with Crippen molar-refractivity contribution in [1.29, 1.82) is 0 Å². The number of hydrogen-bond donors (Lipinski definition) is 2. The predicted molar refractivity (Wildman–Crippen MR) is 173 cm³/mol. The van der Waals surface area contributed by atoms with Crippen molar-refractivity contribution in [2.24, 2.45) is 5.92 Å². The van der Waals surface area contributed by atoms with E-state index in [1.807, 2.05) is 103 Å². The van der Waals surface area contributed by atoms with E-state index in [2.05, 4.69) is 29.6 Å². The summed E-state index contributed by atoms with van der Waals surface area (Å²) in [7, 11) is 0. The topological polar surface area (TPSA) is 75.6 Å². The maximum atomic E-state index is 13.4. The van der Waals surface area contributed by atoms with Gasteiger partial charge in [0.15, 0.2) is 0 Å². The van der Waals surface area contributed by atoms with E-state index in [0.717, 1.165) is 33.4 Å². The van der Waals surface area contributed by atoms with Gasteiger partial charge in [-0.3, -0.25) is 4.79 Å². The number of fused-ring (bicyclic) bond motifs is 3. The molecule has 0 saturated heterocycles. The van der Waals surface area contributed by atoms with E-state index in [1.54, 1.807) is 13.0 Å². The van der Waals surface area contributed by atoms with Crippen LogP contribution in [-0.2, 0) is 14.9 Å². The second kappa shape index (κ2) is 12.4. The van der Waals surface area contributed by atoms with Crippen LogP contribution in [0, 0.1) is 5.92 Å². The lowest BCUT2D eigenvalue weighted by molar-refractivity contribution is -0.144. The van der Waals surface area contributed by atoms with Gasteiger partial charge in [-0.1, -0.05) is 139 Å². The van der Waals surface area contributed by atoms with Gasteiger partial charge < -0.3 is 15.2 Å². The van der Waals surface area contributed by atoms with Crippen molar-refractivity contribution in [3.63, 3.8) is 0 Å². The van der Waals surface area contributed by atoms with E-state index >= 15 is 0 Å². The molecule has 6 heteroatoms. The van der Waals surface area contributed by atoms with Crippen LogP contribution in [0.15, 0.2) is 133 Å². The number of amides is 1. The second-order valence-corrected chi connectivity index (χ2v) is 11.5. The lowest BCUT2D eigenvalue weighted by Gasteiger charge is -2.43. The molecule has 5 aromatic carbocycles. The highest BCUT2D eigenvalue weighted by Crippen LogP contribution is 2.49. The van der Waals surface area contributed by atoms with Gasteiger partial charge in [-0.2, -0.15) is 0 Å². The fourth-order valence-electron chi connectivity index (χ4n) is 6.87. The first-order valence-electron chi connectivity index (χ1n) is 14.6. The smallest absolute Gasteiger partial charge is 0.407 e. The number of nitrogens with one attached hydrogen (secondary N) is 1. The van der Waals surface area contributed by atoms with E-state index in [0.29, 0.717) is 10.6 Å². The lowest BCUT2D eigenvalue weighted by Crippen LogP contribution is -2.53. The molecular weight excluding hydrogens is 570 g/mol. The Morgan fingerprint density at radius 1 is 0.750 bits per heavy atom. The number of aliphatic carboxylic acids is 1. The van der Waals surface area contributed by atoms with Gasteiger partial charge in [-0.05, 0) is 51.9 Å². The number of benzene rings is 5. The van der Waals surface area contributed by atoms with Crippen molar-refractivity contribution in [3.8, 4) is 11.1 Å². The Balaban J connectivity index is 1.35. The van der Waals surface area contributed by atoms with Crippen LogP contribution in [0.25, 0.3) is 11.1 Å². The van der Waals surface area contributed by atoms with Crippen molar-refractivity contribution < 1.29 is 19.4 Å². The highest BCUT2D eigenvalue weighted by atomic mass is 35.5. The number of alkyl carbamates (subject to hydrolysis) is 1. The normalized spacial score (nSPS) is 13.8. The lowest BCUT2D eigenvalue weighted by atomic mass is 9.60. The summed E-state index contributed by atoms with van der Waals surface area (Å²) < 4.78 is 5.82. The van der Waals surface area contributed by atoms with Crippen molar-refractivity contribution in [3.05, 3.63) is 166 Å².